The lowest BCUT2D eigenvalue weighted by molar-refractivity contribution is 0.0595. The van der Waals surface area contributed by atoms with Crippen molar-refractivity contribution in [3.8, 4) is 0 Å². The number of rotatable bonds is 6. The van der Waals surface area contributed by atoms with Crippen LogP contribution in [0.4, 0.5) is 0 Å². The molecule has 0 spiro atoms. The number of fused-ring (bicyclic) bond motifs is 2. The first kappa shape index (κ1) is 11.4. The summed E-state index contributed by atoms with van der Waals surface area (Å²) in [4.78, 5) is 0. The van der Waals surface area contributed by atoms with Crippen molar-refractivity contribution in [3.63, 3.8) is 0 Å². The molecule has 4 unspecified atom stereocenters. The first-order valence-corrected chi connectivity index (χ1v) is 6.25. The average Bonchev–Trinajstić information content (AvgIpc) is 2.86. The van der Waals surface area contributed by atoms with Gasteiger partial charge in [0.25, 0.3) is 0 Å². The van der Waals surface area contributed by atoms with Crippen molar-refractivity contribution in [1.29, 1.82) is 0 Å². The summed E-state index contributed by atoms with van der Waals surface area (Å²) in [7, 11) is 2.03. The Kier molecular flexibility index (Phi) is 4.00. The molecule has 0 aliphatic carbocycles. The number of ether oxygens (including phenoxy) is 2. The maximum atomic E-state index is 5.88. The third kappa shape index (κ3) is 2.52. The maximum Gasteiger partial charge on any atom is 0.0624 e. The van der Waals surface area contributed by atoms with E-state index in [-0.39, 0.29) is 0 Å². The second-order valence-corrected chi connectivity index (χ2v) is 4.74. The van der Waals surface area contributed by atoms with Gasteiger partial charge in [0.1, 0.15) is 0 Å². The van der Waals surface area contributed by atoms with Crippen LogP contribution in [0.2, 0.25) is 0 Å². The van der Waals surface area contributed by atoms with Gasteiger partial charge in [-0.3, -0.25) is 0 Å². The van der Waals surface area contributed by atoms with E-state index in [0.29, 0.717) is 24.2 Å². The van der Waals surface area contributed by atoms with Gasteiger partial charge in [-0.2, -0.15) is 0 Å². The molecule has 0 saturated carbocycles. The van der Waals surface area contributed by atoms with E-state index >= 15 is 0 Å². The fourth-order valence-electron chi connectivity index (χ4n) is 2.88. The van der Waals surface area contributed by atoms with Gasteiger partial charge in [-0.15, -0.1) is 0 Å². The first-order valence-electron chi connectivity index (χ1n) is 6.25. The minimum absolute atomic E-state index is 0.479. The van der Waals surface area contributed by atoms with Gasteiger partial charge in [0.2, 0.25) is 0 Å². The average molecular weight is 213 g/mol. The molecule has 2 aliphatic heterocycles. The molecule has 3 nitrogen and oxygen atoms in total. The van der Waals surface area contributed by atoms with Gasteiger partial charge in [0.15, 0.2) is 0 Å². The molecule has 4 atom stereocenters. The van der Waals surface area contributed by atoms with Gasteiger partial charge >= 0.3 is 0 Å². The zero-order valence-corrected chi connectivity index (χ0v) is 9.87. The minimum Gasteiger partial charge on any atom is -0.380 e. The fourth-order valence-corrected chi connectivity index (χ4v) is 2.88. The van der Waals surface area contributed by atoms with Crippen LogP contribution in [-0.4, -0.2) is 38.5 Å². The molecule has 0 radical (unpaired) electrons. The Morgan fingerprint density at radius 3 is 2.87 bits per heavy atom. The fraction of sp³-hybridized carbons (Fsp3) is 1.00. The number of hydrogen-bond donors (Lipinski definition) is 1. The van der Waals surface area contributed by atoms with E-state index < -0.39 is 0 Å². The minimum atomic E-state index is 0.479. The summed E-state index contributed by atoms with van der Waals surface area (Å²) in [6.45, 7) is 3.86. The lowest BCUT2D eigenvalue weighted by Crippen LogP contribution is -2.42. The largest absolute Gasteiger partial charge is 0.380 e. The molecule has 2 saturated heterocycles. The predicted octanol–water partition coefficient (Wildman–Crippen LogP) is 1.57. The highest BCUT2D eigenvalue weighted by atomic mass is 16.5. The van der Waals surface area contributed by atoms with Gasteiger partial charge in [-0.1, -0.05) is 6.92 Å². The van der Waals surface area contributed by atoms with Crippen molar-refractivity contribution in [2.45, 2.75) is 50.9 Å². The summed E-state index contributed by atoms with van der Waals surface area (Å²) in [6, 6.07) is 0.479. The zero-order chi connectivity index (χ0) is 10.7. The van der Waals surface area contributed by atoms with Crippen molar-refractivity contribution in [2.75, 3.05) is 20.3 Å². The standard InChI is InChI=1S/C12H23NO2/c1-3-6-14-8-11(13-2)10-7-9-4-5-12(10)15-9/h9-13H,3-8H2,1-2H3. The second kappa shape index (κ2) is 5.28. The van der Waals surface area contributed by atoms with E-state index in [9.17, 15) is 0 Å². The maximum absolute atomic E-state index is 5.88. The zero-order valence-electron chi connectivity index (χ0n) is 9.87. The molecule has 2 heterocycles. The summed E-state index contributed by atoms with van der Waals surface area (Å²) in [6.07, 6.45) is 5.89. The van der Waals surface area contributed by atoms with Gasteiger partial charge in [0.05, 0.1) is 18.8 Å². The Balaban J connectivity index is 1.79. The molecule has 2 bridgehead atoms. The van der Waals surface area contributed by atoms with Crippen LogP contribution in [-0.2, 0) is 9.47 Å². The van der Waals surface area contributed by atoms with Gasteiger partial charge in [-0.25, -0.2) is 0 Å². The van der Waals surface area contributed by atoms with Gasteiger partial charge < -0.3 is 14.8 Å². The van der Waals surface area contributed by atoms with E-state index in [2.05, 4.69) is 12.2 Å². The van der Waals surface area contributed by atoms with Crippen LogP contribution >= 0.6 is 0 Å². The molecule has 15 heavy (non-hydrogen) atoms. The van der Waals surface area contributed by atoms with E-state index in [4.69, 9.17) is 9.47 Å². The van der Waals surface area contributed by atoms with Crippen LogP contribution < -0.4 is 5.32 Å². The molecule has 1 N–H and O–H groups in total. The van der Waals surface area contributed by atoms with E-state index in [1.807, 2.05) is 7.05 Å². The highest BCUT2D eigenvalue weighted by Gasteiger charge is 2.43. The molecule has 0 aromatic carbocycles. The van der Waals surface area contributed by atoms with Crippen LogP contribution in [0.15, 0.2) is 0 Å². The normalized spacial score (nSPS) is 36.0. The molecule has 2 rings (SSSR count). The predicted molar refractivity (Wildman–Crippen MR) is 60.0 cm³/mol. The quantitative estimate of drug-likeness (QED) is 0.679. The van der Waals surface area contributed by atoms with Crippen LogP contribution in [0.5, 0.6) is 0 Å². The van der Waals surface area contributed by atoms with Crippen molar-refractivity contribution in [2.24, 2.45) is 5.92 Å². The highest BCUT2D eigenvalue weighted by molar-refractivity contribution is 4.94. The Labute approximate surface area is 92.5 Å². The van der Waals surface area contributed by atoms with E-state index in [1.54, 1.807) is 0 Å². The molecular formula is C12H23NO2. The Hall–Kier alpha value is -0.120. The summed E-state index contributed by atoms with van der Waals surface area (Å²) in [5.74, 6) is 0.672. The monoisotopic (exact) mass is 213 g/mol. The van der Waals surface area contributed by atoms with Crippen molar-refractivity contribution in [3.05, 3.63) is 0 Å². The van der Waals surface area contributed by atoms with E-state index in [0.717, 1.165) is 19.6 Å². The van der Waals surface area contributed by atoms with Crippen LogP contribution in [0, 0.1) is 5.92 Å². The molecule has 88 valence electrons. The van der Waals surface area contributed by atoms with Crippen molar-refractivity contribution < 1.29 is 9.47 Å². The molecule has 0 aromatic rings. The molecule has 0 amide bonds. The Morgan fingerprint density at radius 1 is 1.47 bits per heavy atom. The van der Waals surface area contributed by atoms with Gasteiger partial charge in [0, 0.05) is 18.6 Å². The third-order valence-corrected chi connectivity index (χ3v) is 3.69. The number of likely N-dealkylation sites (N-methyl/N-ethyl adjacent to an activating group) is 1. The van der Waals surface area contributed by atoms with Crippen LogP contribution in [0.1, 0.15) is 32.6 Å². The second-order valence-electron chi connectivity index (χ2n) is 4.74. The van der Waals surface area contributed by atoms with Crippen molar-refractivity contribution >= 4 is 0 Å². The van der Waals surface area contributed by atoms with Crippen molar-refractivity contribution in [1.82, 2.24) is 5.32 Å². The lowest BCUT2D eigenvalue weighted by atomic mass is 9.84. The smallest absolute Gasteiger partial charge is 0.0624 e. The van der Waals surface area contributed by atoms with Crippen LogP contribution in [0.25, 0.3) is 0 Å². The van der Waals surface area contributed by atoms with E-state index in [1.165, 1.54) is 19.3 Å². The Morgan fingerprint density at radius 2 is 2.33 bits per heavy atom. The molecular weight excluding hydrogens is 190 g/mol. The summed E-state index contributed by atoms with van der Waals surface area (Å²) < 4.78 is 11.5. The SMILES string of the molecule is CCCOCC(NC)C1CC2CCC1O2. The summed E-state index contributed by atoms with van der Waals surface area (Å²) in [5, 5.41) is 3.38. The lowest BCUT2D eigenvalue weighted by Gasteiger charge is -2.27. The molecule has 0 aromatic heterocycles. The highest BCUT2D eigenvalue weighted by Crippen LogP contribution is 2.40. The summed E-state index contributed by atoms with van der Waals surface area (Å²) in [5.41, 5.74) is 0. The van der Waals surface area contributed by atoms with Crippen LogP contribution in [0.3, 0.4) is 0 Å². The number of hydrogen-bond acceptors (Lipinski definition) is 3. The topological polar surface area (TPSA) is 30.5 Å². The molecule has 2 fully saturated rings. The molecule has 3 heteroatoms. The first-order chi connectivity index (χ1) is 7.35. The molecule has 2 aliphatic rings. The Bertz CT molecular complexity index is 198. The summed E-state index contributed by atoms with van der Waals surface area (Å²) >= 11 is 0. The number of nitrogens with one attached hydrogen (secondary N) is 1. The third-order valence-electron chi connectivity index (χ3n) is 3.69. The van der Waals surface area contributed by atoms with Gasteiger partial charge in [-0.05, 0) is 32.7 Å².